The molecule has 4 heteroatoms. The van der Waals surface area contributed by atoms with Gasteiger partial charge in [0.15, 0.2) is 0 Å². The van der Waals surface area contributed by atoms with Crippen molar-refractivity contribution in [3.05, 3.63) is 35.4 Å². The molecule has 1 aliphatic carbocycles. The Bertz CT molecular complexity index is 531. The van der Waals surface area contributed by atoms with E-state index in [0.717, 1.165) is 44.0 Å². The lowest BCUT2D eigenvalue weighted by atomic mass is 10.0. The zero-order valence-electron chi connectivity index (χ0n) is 14.4. The Labute approximate surface area is 139 Å². The fourth-order valence-electron chi connectivity index (χ4n) is 3.29. The van der Waals surface area contributed by atoms with Crippen LogP contribution in [0.25, 0.3) is 0 Å². The Morgan fingerprint density at radius 1 is 1.22 bits per heavy atom. The molecule has 2 aliphatic rings. The van der Waals surface area contributed by atoms with Crippen LogP contribution in [-0.2, 0) is 6.54 Å². The smallest absolute Gasteiger partial charge is 0.253 e. The molecule has 4 nitrogen and oxygen atoms in total. The van der Waals surface area contributed by atoms with E-state index < -0.39 is 0 Å². The van der Waals surface area contributed by atoms with Crippen LogP contribution in [0.1, 0.15) is 41.6 Å². The van der Waals surface area contributed by atoms with Crippen molar-refractivity contribution in [1.29, 1.82) is 0 Å². The number of benzene rings is 1. The number of carbonyl (C=O) groups is 1. The van der Waals surface area contributed by atoms with Crippen LogP contribution in [0.15, 0.2) is 24.3 Å². The molecule has 1 aliphatic heterocycles. The molecule has 23 heavy (non-hydrogen) atoms. The van der Waals surface area contributed by atoms with Gasteiger partial charge in [-0.1, -0.05) is 12.1 Å². The van der Waals surface area contributed by atoms with E-state index in [-0.39, 0.29) is 5.91 Å². The van der Waals surface area contributed by atoms with E-state index in [1.807, 2.05) is 37.2 Å². The molecule has 0 bridgehead atoms. The third kappa shape index (κ3) is 4.79. The fraction of sp³-hybridized carbons (Fsp3) is 0.632. The van der Waals surface area contributed by atoms with Crippen molar-refractivity contribution in [3.8, 4) is 0 Å². The topological polar surface area (TPSA) is 35.6 Å². The number of nitrogens with one attached hydrogen (secondary N) is 1. The average Bonchev–Trinajstić information content (AvgIpc) is 3.37. The molecule has 0 unspecified atom stereocenters. The van der Waals surface area contributed by atoms with Crippen LogP contribution in [0.5, 0.6) is 0 Å². The van der Waals surface area contributed by atoms with Gasteiger partial charge in [-0.25, -0.2) is 0 Å². The molecular formula is C19H29N3O. The van der Waals surface area contributed by atoms with Crippen molar-refractivity contribution < 1.29 is 4.79 Å². The summed E-state index contributed by atoms with van der Waals surface area (Å²) in [4.78, 5) is 16.9. The summed E-state index contributed by atoms with van der Waals surface area (Å²) < 4.78 is 0. The Balaban J connectivity index is 1.52. The number of hydrogen-bond donors (Lipinski definition) is 1. The maximum atomic E-state index is 12.7. The van der Waals surface area contributed by atoms with Crippen LogP contribution in [0.4, 0.5) is 0 Å². The summed E-state index contributed by atoms with van der Waals surface area (Å²) in [7, 11) is 4.10. The van der Waals surface area contributed by atoms with Crippen LogP contribution >= 0.6 is 0 Å². The molecule has 0 atom stereocenters. The van der Waals surface area contributed by atoms with Gasteiger partial charge in [0.1, 0.15) is 0 Å². The molecule has 0 aromatic heterocycles. The second-order valence-electron chi connectivity index (χ2n) is 7.36. The average molecular weight is 315 g/mol. The Hall–Kier alpha value is -1.39. The third-order valence-corrected chi connectivity index (χ3v) is 4.85. The fourth-order valence-corrected chi connectivity index (χ4v) is 3.29. The minimum Gasteiger partial charge on any atom is -0.339 e. The number of nitrogens with zero attached hydrogens (tertiary/aromatic N) is 2. The molecule has 1 saturated carbocycles. The van der Waals surface area contributed by atoms with Gasteiger partial charge in [-0.15, -0.1) is 0 Å². The van der Waals surface area contributed by atoms with Gasteiger partial charge in [-0.2, -0.15) is 0 Å². The van der Waals surface area contributed by atoms with E-state index in [2.05, 4.69) is 16.3 Å². The Morgan fingerprint density at radius 2 is 1.96 bits per heavy atom. The summed E-state index contributed by atoms with van der Waals surface area (Å²) in [6.45, 7) is 3.79. The van der Waals surface area contributed by atoms with Crippen LogP contribution < -0.4 is 5.32 Å². The molecule has 126 valence electrons. The SMILES string of the molecule is CN(C)Cc1cccc(C(=O)N2CCC(NCC3CC3)CC2)c1. The van der Waals surface area contributed by atoms with Gasteiger partial charge < -0.3 is 15.1 Å². The van der Waals surface area contributed by atoms with E-state index in [9.17, 15) is 4.79 Å². The lowest BCUT2D eigenvalue weighted by molar-refractivity contribution is 0.0705. The van der Waals surface area contributed by atoms with E-state index in [0.29, 0.717) is 6.04 Å². The highest BCUT2D eigenvalue weighted by molar-refractivity contribution is 5.94. The van der Waals surface area contributed by atoms with Crippen LogP contribution in [-0.4, -0.2) is 55.5 Å². The first-order valence-electron chi connectivity index (χ1n) is 8.88. The molecule has 1 amide bonds. The number of piperidine rings is 1. The molecule has 0 spiro atoms. The van der Waals surface area contributed by atoms with Gasteiger partial charge in [0.2, 0.25) is 0 Å². The van der Waals surface area contributed by atoms with Gasteiger partial charge >= 0.3 is 0 Å². The minimum atomic E-state index is 0.186. The number of likely N-dealkylation sites (tertiary alicyclic amines) is 1. The normalized spacial score (nSPS) is 19.3. The zero-order valence-corrected chi connectivity index (χ0v) is 14.4. The first kappa shape index (κ1) is 16.5. The Morgan fingerprint density at radius 3 is 2.61 bits per heavy atom. The van der Waals surface area contributed by atoms with Crippen LogP contribution in [0, 0.1) is 5.92 Å². The summed E-state index contributed by atoms with van der Waals surface area (Å²) in [5.41, 5.74) is 2.02. The maximum Gasteiger partial charge on any atom is 0.253 e. The van der Waals surface area contributed by atoms with Gasteiger partial charge in [0.25, 0.3) is 5.91 Å². The predicted octanol–water partition coefficient (Wildman–Crippen LogP) is 2.35. The second kappa shape index (κ2) is 7.45. The van der Waals surface area contributed by atoms with E-state index in [1.165, 1.54) is 24.9 Å². The van der Waals surface area contributed by atoms with E-state index in [4.69, 9.17) is 0 Å². The molecule has 2 fully saturated rings. The van der Waals surface area contributed by atoms with Crippen molar-refractivity contribution in [2.75, 3.05) is 33.7 Å². The van der Waals surface area contributed by atoms with Crippen molar-refractivity contribution in [1.82, 2.24) is 15.1 Å². The second-order valence-corrected chi connectivity index (χ2v) is 7.36. The number of amides is 1. The quantitative estimate of drug-likeness (QED) is 0.875. The van der Waals surface area contributed by atoms with Gasteiger partial charge in [-0.3, -0.25) is 4.79 Å². The summed E-state index contributed by atoms with van der Waals surface area (Å²) in [5, 5.41) is 3.67. The molecule has 1 heterocycles. The minimum absolute atomic E-state index is 0.186. The molecule has 1 N–H and O–H groups in total. The number of rotatable bonds is 6. The van der Waals surface area contributed by atoms with E-state index >= 15 is 0 Å². The highest BCUT2D eigenvalue weighted by Crippen LogP contribution is 2.28. The third-order valence-electron chi connectivity index (χ3n) is 4.85. The molecule has 1 saturated heterocycles. The van der Waals surface area contributed by atoms with Crippen LogP contribution in [0.2, 0.25) is 0 Å². The number of carbonyl (C=O) groups excluding carboxylic acids is 1. The van der Waals surface area contributed by atoms with Crippen LogP contribution in [0.3, 0.4) is 0 Å². The summed E-state index contributed by atoms with van der Waals surface area (Å²) >= 11 is 0. The van der Waals surface area contributed by atoms with Gasteiger partial charge in [0.05, 0.1) is 0 Å². The monoisotopic (exact) mass is 315 g/mol. The zero-order chi connectivity index (χ0) is 16.2. The van der Waals surface area contributed by atoms with E-state index in [1.54, 1.807) is 0 Å². The van der Waals surface area contributed by atoms with Crippen molar-refractivity contribution in [2.45, 2.75) is 38.3 Å². The molecular weight excluding hydrogens is 286 g/mol. The highest BCUT2D eigenvalue weighted by Gasteiger charge is 2.26. The van der Waals surface area contributed by atoms with Crippen molar-refractivity contribution in [3.63, 3.8) is 0 Å². The maximum absolute atomic E-state index is 12.7. The van der Waals surface area contributed by atoms with Gasteiger partial charge in [-0.05, 0) is 69.9 Å². The number of hydrogen-bond acceptors (Lipinski definition) is 3. The molecule has 1 aromatic carbocycles. The molecule has 0 radical (unpaired) electrons. The van der Waals surface area contributed by atoms with Crippen molar-refractivity contribution in [2.24, 2.45) is 5.92 Å². The lowest BCUT2D eigenvalue weighted by Gasteiger charge is -2.32. The largest absolute Gasteiger partial charge is 0.339 e. The van der Waals surface area contributed by atoms with Gasteiger partial charge in [0, 0.05) is 31.2 Å². The molecule has 1 aromatic rings. The first-order valence-corrected chi connectivity index (χ1v) is 8.88. The summed E-state index contributed by atoms with van der Waals surface area (Å²) in [5.74, 6) is 1.11. The van der Waals surface area contributed by atoms with Crippen molar-refractivity contribution >= 4 is 5.91 Å². The first-order chi connectivity index (χ1) is 11.1. The summed E-state index contributed by atoms with van der Waals surface area (Å²) in [6.07, 6.45) is 4.95. The highest BCUT2D eigenvalue weighted by atomic mass is 16.2. The molecule has 3 rings (SSSR count). The summed E-state index contributed by atoms with van der Waals surface area (Å²) in [6, 6.07) is 8.67. The standard InChI is InChI=1S/C19H29N3O/c1-21(2)14-16-4-3-5-17(12-16)19(23)22-10-8-18(9-11-22)20-13-15-6-7-15/h3-5,12,15,18,20H,6-11,13-14H2,1-2H3. The lowest BCUT2D eigenvalue weighted by Crippen LogP contribution is -2.45. The predicted molar refractivity (Wildman–Crippen MR) is 93.5 cm³/mol. The Kier molecular flexibility index (Phi) is 5.34.